The van der Waals surface area contributed by atoms with Crippen LogP contribution >= 0.6 is 0 Å². The number of hydrogen-bond acceptors (Lipinski definition) is 6. The van der Waals surface area contributed by atoms with Crippen molar-refractivity contribution in [2.45, 2.75) is 0 Å². The van der Waals surface area contributed by atoms with E-state index in [0.717, 1.165) is 11.3 Å². The van der Waals surface area contributed by atoms with Crippen LogP contribution in [0.2, 0.25) is 0 Å². The smallest absolute Gasteiger partial charge is 0.266 e. The first kappa shape index (κ1) is 14.7. The number of nitrogens with two attached hydrogens (primary N) is 1. The predicted octanol–water partition coefficient (Wildman–Crippen LogP) is 1.50. The van der Waals surface area contributed by atoms with Crippen LogP contribution in [-0.4, -0.2) is 26.9 Å². The minimum Gasteiger partial charge on any atom is -0.497 e. The number of methoxy groups -OCH3 is 1. The van der Waals surface area contributed by atoms with E-state index in [1.165, 1.54) is 10.7 Å². The second-order valence-corrected chi connectivity index (χ2v) is 4.90. The summed E-state index contributed by atoms with van der Waals surface area (Å²) in [6.45, 7) is 0. The van der Waals surface area contributed by atoms with Crippen molar-refractivity contribution in [3.8, 4) is 28.3 Å². The standard InChI is InChI=1S/C16H15N5O2/c1-21-14(22)8-7-13(20-21)12-9-18-16(17)19-15(12)10-3-5-11(23-2)6-4-10/h3-9H,1-2H3,(H2,17,18,19). The Balaban J connectivity index is 2.17. The van der Waals surface area contributed by atoms with Gasteiger partial charge in [0.05, 0.1) is 18.5 Å². The second-order valence-electron chi connectivity index (χ2n) is 4.90. The van der Waals surface area contributed by atoms with Crippen molar-refractivity contribution in [2.24, 2.45) is 7.05 Å². The van der Waals surface area contributed by atoms with Crippen LogP contribution in [-0.2, 0) is 7.05 Å². The molecule has 7 nitrogen and oxygen atoms in total. The molecule has 0 aliphatic rings. The van der Waals surface area contributed by atoms with E-state index in [1.807, 2.05) is 24.3 Å². The number of nitrogen functional groups attached to an aromatic ring is 1. The zero-order valence-corrected chi connectivity index (χ0v) is 12.7. The molecule has 0 spiro atoms. The minimum atomic E-state index is -0.184. The Hall–Kier alpha value is -3.22. The molecule has 0 aliphatic carbocycles. The molecular weight excluding hydrogens is 294 g/mol. The molecule has 0 atom stereocenters. The predicted molar refractivity (Wildman–Crippen MR) is 86.9 cm³/mol. The molecular formula is C16H15N5O2. The number of benzene rings is 1. The summed E-state index contributed by atoms with van der Waals surface area (Å²) in [4.78, 5) is 19.9. The lowest BCUT2D eigenvalue weighted by molar-refractivity contribution is 0.415. The molecule has 23 heavy (non-hydrogen) atoms. The third-order valence-corrected chi connectivity index (χ3v) is 3.41. The molecule has 0 saturated carbocycles. The lowest BCUT2D eigenvalue weighted by Gasteiger charge is -2.10. The van der Waals surface area contributed by atoms with Gasteiger partial charge in [-0.1, -0.05) is 0 Å². The maximum Gasteiger partial charge on any atom is 0.266 e. The van der Waals surface area contributed by atoms with Crippen molar-refractivity contribution in [2.75, 3.05) is 12.8 Å². The van der Waals surface area contributed by atoms with Gasteiger partial charge in [0, 0.05) is 30.4 Å². The van der Waals surface area contributed by atoms with E-state index >= 15 is 0 Å². The number of aromatic nitrogens is 4. The molecule has 2 aromatic heterocycles. The van der Waals surface area contributed by atoms with Gasteiger partial charge in [0.1, 0.15) is 5.75 Å². The van der Waals surface area contributed by atoms with Crippen molar-refractivity contribution in [1.82, 2.24) is 19.7 Å². The Bertz CT molecular complexity index is 903. The molecule has 0 amide bonds. The largest absolute Gasteiger partial charge is 0.497 e. The Kier molecular flexibility index (Phi) is 3.76. The van der Waals surface area contributed by atoms with E-state index in [1.54, 1.807) is 26.4 Å². The fourth-order valence-corrected chi connectivity index (χ4v) is 2.20. The molecule has 7 heteroatoms. The van der Waals surface area contributed by atoms with Crippen LogP contribution in [0, 0.1) is 0 Å². The Morgan fingerprint density at radius 1 is 1.13 bits per heavy atom. The highest BCUT2D eigenvalue weighted by atomic mass is 16.5. The number of nitrogens with zero attached hydrogens (tertiary/aromatic N) is 4. The van der Waals surface area contributed by atoms with E-state index < -0.39 is 0 Å². The van der Waals surface area contributed by atoms with Crippen molar-refractivity contribution in [3.05, 3.63) is 52.9 Å². The van der Waals surface area contributed by atoms with Gasteiger partial charge in [-0.2, -0.15) is 5.10 Å². The summed E-state index contributed by atoms with van der Waals surface area (Å²) < 4.78 is 6.43. The maximum absolute atomic E-state index is 11.5. The number of rotatable bonds is 3. The van der Waals surface area contributed by atoms with Gasteiger partial charge in [0.15, 0.2) is 0 Å². The lowest BCUT2D eigenvalue weighted by atomic mass is 10.0. The summed E-state index contributed by atoms with van der Waals surface area (Å²) in [5.74, 6) is 0.918. The zero-order valence-electron chi connectivity index (χ0n) is 12.7. The Morgan fingerprint density at radius 3 is 2.52 bits per heavy atom. The van der Waals surface area contributed by atoms with Crippen molar-refractivity contribution in [1.29, 1.82) is 0 Å². The van der Waals surface area contributed by atoms with Gasteiger partial charge >= 0.3 is 0 Å². The van der Waals surface area contributed by atoms with Gasteiger partial charge in [-0.15, -0.1) is 0 Å². The Labute approximate surface area is 132 Å². The maximum atomic E-state index is 11.5. The van der Waals surface area contributed by atoms with Crippen LogP contribution < -0.4 is 16.0 Å². The number of hydrogen-bond donors (Lipinski definition) is 1. The number of anilines is 1. The van der Waals surface area contributed by atoms with Crippen molar-refractivity contribution < 1.29 is 4.74 Å². The van der Waals surface area contributed by atoms with Gasteiger partial charge in [0.25, 0.3) is 5.56 Å². The average molecular weight is 309 g/mol. The third kappa shape index (κ3) is 2.89. The summed E-state index contributed by atoms with van der Waals surface area (Å²) in [5.41, 5.74) is 8.33. The summed E-state index contributed by atoms with van der Waals surface area (Å²) in [6, 6.07) is 10.5. The SMILES string of the molecule is COc1ccc(-c2nc(N)ncc2-c2ccc(=O)n(C)n2)cc1. The molecule has 0 radical (unpaired) electrons. The van der Waals surface area contributed by atoms with E-state index in [4.69, 9.17) is 10.5 Å². The summed E-state index contributed by atoms with van der Waals surface area (Å²) >= 11 is 0. The first-order valence-electron chi connectivity index (χ1n) is 6.90. The van der Waals surface area contributed by atoms with E-state index in [0.29, 0.717) is 17.0 Å². The molecule has 1 aromatic carbocycles. The molecule has 3 rings (SSSR count). The monoisotopic (exact) mass is 309 g/mol. The average Bonchev–Trinajstić information content (AvgIpc) is 2.57. The summed E-state index contributed by atoms with van der Waals surface area (Å²) in [7, 11) is 3.20. The van der Waals surface area contributed by atoms with Gasteiger partial charge < -0.3 is 10.5 Å². The molecule has 116 valence electrons. The first-order chi connectivity index (χ1) is 11.1. The quantitative estimate of drug-likeness (QED) is 0.787. The number of ether oxygens (including phenoxy) is 1. The van der Waals surface area contributed by atoms with Gasteiger partial charge in [-0.3, -0.25) is 4.79 Å². The van der Waals surface area contributed by atoms with Gasteiger partial charge in [0.2, 0.25) is 5.95 Å². The molecule has 0 unspecified atom stereocenters. The summed E-state index contributed by atoms with van der Waals surface area (Å²) in [5, 5.41) is 4.25. The van der Waals surface area contributed by atoms with Crippen LogP contribution in [0.3, 0.4) is 0 Å². The van der Waals surface area contributed by atoms with Crippen LogP contribution in [0.15, 0.2) is 47.4 Å². The Morgan fingerprint density at radius 2 is 1.87 bits per heavy atom. The summed E-state index contributed by atoms with van der Waals surface area (Å²) in [6.07, 6.45) is 1.61. The van der Waals surface area contributed by atoms with E-state index in [9.17, 15) is 4.79 Å². The van der Waals surface area contributed by atoms with Crippen molar-refractivity contribution >= 4 is 5.95 Å². The van der Waals surface area contributed by atoms with Crippen molar-refractivity contribution in [3.63, 3.8) is 0 Å². The van der Waals surface area contributed by atoms with Gasteiger partial charge in [-0.25, -0.2) is 14.6 Å². The topological polar surface area (TPSA) is 95.9 Å². The van der Waals surface area contributed by atoms with Crippen LogP contribution in [0.1, 0.15) is 0 Å². The van der Waals surface area contributed by atoms with Crippen LogP contribution in [0.4, 0.5) is 5.95 Å². The van der Waals surface area contributed by atoms with Crippen LogP contribution in [0.25, 0.3) is 22.5 Å². The van der Waals surface area contributed by atoms with E-state index in [-0.39, 0.29) is 11.5 Å². The molecule has 2 heterocycles. The highest BCUT2D eigenvalue weighted by Crippen LogP contribution is 2.29. The third-order valence-electron chi connectivity index (χ3n) is 3.41. The molecule has 2 N–H and O–H groups in total. The fourth-order valence-electron chi connectivity index (χ4n) is 2.20. The second kappa shape index (κ2) is 5.88. The molecule has 0 bridgehead atoms. The van der Waals surface area contributed by atoms with Crippen LogP contribution in [0.5, 0.6) is 5.75 Å². The fraction of sp³-hybridized carbons (Fsp3) is 0.125. The van der Waals surface area contributed by atoms with Gasteiger partial charge in [-0.05, 0) is 30.3 Å². The van der Waals surface area contributed by atoms with E-state index in [2.05, 4.69) is 15.1 Å². The highest BCUT2D eigenvalue weighted by Gasteiger charge is 2.13. The molecule has 0 aliphatic heterocycles. The minimum absolute atomic E-state index is 0.171. The normalized spacial score (nSPS) is 10.5. The first-order valence-corrected chi connectivity index (χ1v) is 6.90. The lowest BCUT2D eigenvalue weighted by Crippen LogP contribution is -2.18. The molecule has 0 saturated heterocycles. The molecule has 0 fully saturated rings. The molecule has 3 aromatic rings. The zero-order chi connectivity index (χ0) is 16.4. The number of aryl methyl sites for hydroxylation is 1. The highest BCUT2D eigenvalue weighted by molar-refractivity contribution is 5.79.